The monoisotopic (exact) mass is 517 g/mol. The minimum absolute atomic E-state index is 0.0384. The maximum Gasteiger partial charge on any atom is 0.490 e. The number of carbonyl (C=O) groups excluding carboxylic acids is 1. The number of ether oxygens (including phenoxy) is 2. The van der Waals surface area contributed by atoms with Gasteiger partial charge in [0.2, 0.25) is 5.88 Å². The second-order valence-corrected chi connectivity index (χ2v) is 8.25. The summed E-state index contributed by atoms with van der Waals surface area (Å²) >= 11 is 0. The number of aromatic nitrogens is 3. The molecule has 1 N–H and O–H groups in total. The summed E-state index contributed by atoms with van der Waals surface area (Å²) in [6, 6.07) is 5.22. The van der Waals surface area contributed by atoms with Crippen LogP contribution in [0.25, 0.3) is 0 Å². The summed E-state index contributed by atoms with van der Waals surface area (Å²) in [4.78, 5) is 27.5. The molecular formula is C21H20F5N5O5. The van der Waals surface area contributed by atoms with Crippen LogP contribution in [0.3, 0.4) is 0 Å². The van der Waals surface area contributed by atoms with Crippen LogP contribution in [0, 0.1) is 22.7 Å². The molecule has 0 radical (unpaired) electrons. The van der Waals surface area contributed by atoms with Crippen LogP contribution in [0.4, 0.5) is 22.0 Å². The van der Waals surface area contributed by atoms with Crippen LogP contribution in [0.2, 0.25) is 0 Å². The predicted molar refractivity (Wildman–Crippen MR) is 109 cm³/mol. The van der Waals surface area contributed by atoms with Crippen molar-refractivity contribution in [2.45, 2.75) is 12.6 Å². The summed E-state index contributed by atoms with van der Waals surface area (Å²) in [5.41, 5.74) is -0.578. The molecule has 2 fully saturated rings. The molecule has 1 amide bonds. The molecule has 2 aromatic rings. The van der Waals surface area contributed by atoms with E-state index in [0.29, 0.717) is 37.7 Å². The van der Waals surface area contributed by atoms with E-state index in [4.69, 9.17) is 24.6 Å². The number of nitriles is 1. The Morgan fingerprint density at radius 2 is 2.08 bits per heavy atom. The number of carbonyl (C=O) groups is 2. The molecule has 2 saturated heterocycles. The summed E-state index contributed by atoms with van der Waals surface area (Å²) in [5.74, 6) is -2.80. The molecular weight excluding hydrogens is 497 g/mol. The molecule has 2 atom stereocenters. The standard InChI is InChI=1S/C19H19F2N5O3.C2HF3O2/c1-25-7-14(16(24-25)17(20)21)18(27)26-6-13-8-28-10-19(13,9-26)11-29-15-3-2-12(4-22)5-23-15;3-2(4,5)1(6)7/h2-3,5,7,13,17H,6,8-11H2,1H3;(H,6,7)/t13-,19+;/m1./s1. The highest BCUT2D eigenvalue weighted by Gasteiger charge is 2.53. The number of fused-ring (bicyclic) bond motifs is 1. The molecule has 0 saturated carbocycles. The molecule has 10 nitrogen and oxygen atoms in total. The number of aryl methyl sites for hydroxylation is 1. The van der Waals surface area contributed by atoms with Gasteiger partial charge in [-0.3, -0.25) is 9.48 Å². The normalized spacial score (nSPS) is 20.9. The Bertz CT molecular complexity index is 1150. The van der Waals surface area contributed by atoms with Gasteiger partial charge in [0.1, 0.15) is 11.8 Å². The van der Waals surface area contributed by atoms with Crippen molar-refractivity contribution in [1.29, 1.82) is 5.26 Å². The lowest BCUT2D eigenvalue weighted by Gasteiger charge is -2.26. The van der Waals surface area contributed by atoms with Gasteiger partial charge in [0.25, 0.3) is 12.3 Å². The average Bonchev–Trinajstić information content (AvgIpc) is 3.49. The highest BCUT2D eigenvalue weighted by atomic mass is 19.4. The Labute approximate surface area is 200 Å². The van der Waals surface area contributed by atoms with E-state index in [-0.39, 0.29) is 18.1 Å². The summed E-state index contributed by atoms with van der Waals surface area (Å²) in [6.07, 6.45) is -5.15. The van der Waals surface area contributed by atoms with E-state index in [0.717, 1.165) is 0 Å². The van der Waals surface area contributed by atoms with E-state index >= 15 is 0 Å². The van der Waals surface area contributed by atoms with Crippen LogP contribution < -0.4 is 4.74 Å². The van der Waals surface area contributed by atoms with Crippen molar-refractivity contribution >= 4 is 11.9 Å². The van der Waals surface area contributed by atoms with Gasteiger partial charge in [-0.15, -0.1) is 0 Å². The molecule has 0 unspecified atom stereocenters. The lowest BCUT2D eigenvalue weighted by atomic mass is 9.82. The molecule has 4 heterocycles. The summed E-state index contributed by atoms with van der Waals surface area (Å²) in [5, 5.41) is 19.7. The number of carboxylic acid groups (broad SMARTS) is 1. The number of pyridine rings is 1. The van der Waals surface area contributed by atoms with Gasteiger partial charge in [0.15, 0.2) is 0 Å². The lowest BCUT2D eigenvalue weighted by Crippen LogP contribution is -2.38. The molecule has 0 spiro atoms. The number of amides is 1. The van der Waals surface area contributed by atoms with Gasteiger partial charge in [-0.2, -0.15) is 23.5 Å². The van der Waals surface area contributed by atoms with Crippen LogP contribution in [0.15, 0.2) is 24.5 Å². The van der Waals surface area contributed by atoms with Crippen molar-refractivity contribution < 1.29 is 46.1 Å². The average molecular weight is 517 g/mol. The smallest absolute Gasteiger partial charge is 0.477 e. The first-order valence-corrected chi connectivity index (χ1v) is 10.3. The van der Waals surface area contributed by atoms with Crippen molar-refractivity contribution in [2.24, 2.45) is 18.4 Å². The van der Waals surface area contributed by atoms with Crippen molar-refractivity contribution in [3.63, 3.8) is 0 Å². The molecule has 2 aliphatic rings. The summed E-state index contributed by atoms with van der Waals surface area (Å²) < 4.78 is 70.9. The fourth-order valence-electron chi connectivity index (χ4n) is 3.94. The number of carboxylic acids is 1. The first-order valence-electron chi connectivity index (χ1n) is 10.3. The number of rotatable bonds is 5. The summed E-state index contributed by atoms with van der Waals surface area (Å²) in [6.45, 7) is 1.90. The Morgan fingerprint density at radius 1 is 1.39 bits per heavy atom. The van der Waals surface area contributed by atoms with E-state index in [1.54, 1.807) is 17.0 Å². The Kier molecular flexibility index (Phi) is 7.77. The fourth-order valence-corrected chi connectivity index (χ4v) is 3.94. The largest absolute Gasteiger partial charge is 0.490 e. The number of likely N-dealkylation sites (tertiary alicyclic amines) is 1. The van der Waals surface area contributed by atoms with Gasteiger partial charge in [0.05, 0.1) is 36.4 Å². The third kappa shape index (κ3) is 5.88. The number of hydrogen-bond donors (Lipinski definition) is 1. The molecule has 0 aromatic carbocycles. The fraction of sp³-hybridized carbons (Fsp3) is 0.476. The first kappa shape index (κ1) is 26.8. The Balaban J connectivity index is 0.000000454. The zero-order valence-electron chi connectivity index (χ0n) is 18.7. The van der Waals surface area contributed by atoms with E-state index in [2.05, 4.69) is 10.1 Å². The van der Waals surface area contributed by atoms with Crippen molar-refractivity contribution in [3.8, 4) is 11.9 Å². The molecule has 0 aliphatic carbocycles. The Morgan fingerprint density at radius 3 is 2.64 bits per heavy atom. The number of nitrogens with zero attached hydrogens (tertiary/aromatic N) is 5. The van der Waals surface area contributed by atoms with Gasteiger partial charge in [-0.1, -0.05) is 0 Å². The van der Waals surface area contributed by atoms with Crippen LogP contribution in [-0.2, 0) is 16.6 Å². The number of hydrogen-bond acceptors (Lipinski definition) is 7. The van der Waals surface area contributed by atoms with Gasteiger partial charge >= 0.3 is 12.1 Å². The highest BCUT2D eigenvalue weighted by Crippen LogP contribution is 2.42. The van der Waals surface area contributed by atoms with E-state index in [9.17, 15) is 26.7 Å². The SMILES string of the molecule is Cn1cc(C(=O)N2C[C@@H]3COC[C@]3(COc3ccc(C#N)cn3)C2)c(C(F)F)n1.O=C(O)C(F)(F)F. The summed E-state index contributed by atoms with van der Waals surface area (Å²) in [7, 11) is 1.51. The van der Waals surface area contributed by atoms with Gasteiger partial charge < -0.3 is 19.5 Å². The number of alkyl halides is 5. The molecule has 0 bridgehead atoms. The number of aliphatic carboxylic acids is 1. The maximum atomic E-state index is 13.2. The quantitative estimate of drug-likeness (QED) is 0.599. The van der Waals surface area contributed by atoms with Crippen molar-refractivity contribution in [3.05, 3.63) is 41.3 Å². The zero-order chi connectivity index (χ0) is 26.7. The minimum atomic E-state index is -5.08. The molecule has 2 aliphatic heterocycles. The second kappa shape index (κ2) is 10.4. The first-order chi connectivity index (χ1) is 16.9. The van der Waals surface area contributed by atoms with E-state index in [1.807, 2.05) is 6.07 Å². The van der Waals surface area contributed by atoms with Crippen LogP contribution in [-0.4, -0.2) is 75.7 Å². The van der Waals surface area contributed by atoms with Crippen LogP contribution >= 0.6 is 0 Å². The molecule has 2 aromatic heterocycles. The van der Waals surface area contributed by atoms with E-state index in [1.165, 1.54) is 24.1 Å². The van der Waals surface area contributed by atoms with Gasteiger partial charge in [-0.05, 0) is 6.07 Å². The zero-order valence-corrected chi connectivity index (χ0v) is 18.7. The van der Waals surface area contributed by atoms with Crippen LogP contribution in [0.1, 0.15) is 28.0 Å². The topological polar surface area (TPSA) is 131 Å². The third-order valence-electron chi connectivity index (χ3n) is 5.72. The molecule has 4 rings (SSSR count). The van der Waals surface area contributed by atoms with E-state index < -0.39 is 35.6 Å². The van der Waals surface area contributed by atoms with Gasteiger partial charge in [0, 0.05) is 44.5 Å². The lowest BCUT2D eigenvalue weighted by molar-refractivity contribution is -0.192. The van der Waals surface area contributed by atoms with Crippen LogP contribution in [0.5, 0.6) is 5.88 Å². The third-order valence-corrected chi connectivity index (χ3v) is 5.72. The second-order valence-electron chi connectivity index (χ2n) is 8.25. The van der Waals surface area contributed by atoms with Crippen molar-refractivity contribution in [2.75, 3.05) is 32.9 Å². The molecule has 36 heavy (non-hydrogen) atoms. The predicted octanol–water partition coefficient (Wildman–Crippen LogP) is 2.43. The highest BCUT2D eigenvalue weighted by molar-refractivity contribution is 5.95. The van der Waals surface area contributed by atoms with Gasteiger partial charge in [-0.25, -0.2) is 18.6 Å². The number of halogens is 5. The molecule has 194 valence electrons. The minimum Gasteiger partial charge on any atom is -0.477 e. The molecule has 15 heteroatoms. The van der Waals surface area contributed by atoms with Crippen molar-refractivity contribution in [1.82, 2.24) is 19.7 Å². The maximum absolute atomic E-state index is 13.2. The Hall–Kier alpha value is -3.80.